The van der Waals surface area contributed by atoms with Gasteiger partial charge in [0, 0.05) is 17.6 Å². The molecule has 1 saturated carbocycles. The van der Waals surface area contributed by atoms with E-state index in [1.165, 1.54) is 0 Å². The second-order valence-electron chi connectivity index (χ2n) is 7.06. The molecule has 116 valence electrons. The van der Waals surface area contributed by atoms with Crippen molar-refractivity contribution in [2.24, 2.45) is 11.1 Å². The molecule has 0 aromatic heterocycles. The van der Waals surface area contributed by atoms with E-state index >= 15 is 0 Å². The number of para-hydroxylation sites is 1. The molecule has 4 nitrogen and oxygen atoms in total. The van der Waals surface area contributed by atoms with Crippen LogP contribution in [0.5, 0.6) is 0 Å². The van der Waals surface area contributed by atoms with E-state index in [1.54, 1.807) is 4.90 Å². The van der Waals surface area contributed by atoms with Gasteiger partial charge in [-0.15, -0.1) is 0 Å². The number of aryl methyl sites for hydroxylation is 1. The smallest absolute Gasteiger partial charge is 0.414 e. The third-order valence-corrected chi connectivity index (χ3v) is 3.90. The van der Waals surface area contributed by atoms with Crippen LogP contribution in [0.3, 0.4) is 0 Å². The molecule has 1 aromatic carbocycles. The number of nitrogens with two attached hydrogens (primary N) is 1. The number of benzene rings is 1. The lowest BCUT2D eigenvalue weighted by Gasteiger charge is -2.31. The molecule has 1 fully saturated rings. The third kappa shape index (κ3) is 3.97. The van der Waals surface area contributed by atoms with Crippen LogP contribution in [-0.2, 0) is 4.74 Å². The van der Waals surface area contributed by atoms with Gasteiger partial charge < -0.3 is 10.5 Å². The third-order valence-electron chi connectivity index (χ3n) is 3.90. The monoisotopic (exact) mass is 290 g/mol. The molecule has 0 aliphatic heterocycles. The van der Waals surface area contributed by atoms with Crippen LogP contribution < -0.4 is 10.6 Å². The second kappa shape index (κ2) is 5.68. The number of nitrogens with zero attached hydrogens (tertiary/aromatic N) is 1. The molecular formula is C17H26N2O2. The highest BCUT2D eigenvalue weighted by Crippen LogP contribution is 2.46. The fourth-order valence-electron chi connectivity index (χ4n) is 2.37. The van der Waals surface area contributed by atoms with E-state index in [0.29, 0.717) is 13.1 Å². The average Bonchev–Trinajstić information content (AvgIpc) is 3.15. The zero-order valence-corrected chi connectivity index (χ0v) is 13.5. The Morgan fingerprint density at radius 2 is 1.95 bits per heavy atom. The predicted octanol–water partition coefficient (Wildman–Crippen LogP) is 3.48. The van der Waals surface area contributed by atoms with Gasteiger partial charge in [-0.3, -0.25) is 4.90 Å². The van der Waals surface area contributed by atoms with Crippen molar-refractivity contribution >= 4 is 11.8 Å². The number of carbonyl (C=O) groups is 1. The number of hydrogen-bond donors (Lipinski definition) is 1. The first-order valence-corrected chi connectivity index (χ1v) is 7.53. The number of amides is 1. The van der Waals surface area contributed by atoms with Gasteiger partial charge in [-0.2, -0.15) is 0 Å². The summed E-state index contributed by atoms with van der Waals surface area (Å²) >= 11 is 0. The van der Waals surface area contributed by atoms with Crippen LogP contribution in [0.15, 0.2) is 24.3 Å². The zero-order chi connectivity index (χ0) is 15.7. The van der Waals surface area contributed by atoms with Gasteiger partial charge in [0.25, 0.3) is 0 Å². The molecule has 1 aliphatic rings. The molecule has 0 spiro atoms. The van der Waals surface area contributed by atoms with E-state index in [-0.39, 0.29) is 11.5 Å². The molecule has 2 rings (SSSR count). The minimum atomic E-state index is -0.503. The molecular weight excluding hydrogens is 264 g/mol. The Labute approximate surface area is 127 Å². The molecule has 0 heterocycles. The maximum absolute atomic E-state index is 12.6. The summed E-state index contributed by atoms with van der Waals surface area (Å²) in [6.07, 6.45) is 1.86. The predicted molar refractivity (Wildman–Crippen MR) is 85.5 cm³/mol. The first-order valence-electron chi connectivity index (χ1n) is 7.53. The quantitative estimate of drug-likeness (QED) is 0.923. The van der Waals surface area contributed by atoms with E-state index in [1.807, 2.05) is 52.0 Å². The van der Waals surface area contributed by atoms with Crippen molar-refractivity contribution in [3.8, 4) is 0 Å². The molecule has 1 amide bonds. The van der Waals surface area contributed by atoms with Crippen LogP contribution in [-0.4, -0.2) is 24.8 Å². The number of carbonyl (C=O) groups excluding carboxylic acids is 1. The molecule has 2 N–H and O–H groups in total. The molecule has 0 bridgehead atoms. The molecule has 0 saturated heterocycles. The average molecular weight is 290 g/mol. The maximum Gasteiger partial charge on any atom is 0.414 e. The van der Waals surface area contributed by atoms with Gasteiger partial charge in [-0.1, -0.05) is 18.2 Å². The van der Waals surface area contributed by atoms with Crippen molar-refractivity contribution in [2.75, 3.05) is 18.0 Å². The summed E-state index contributed by atoms with van der Waals surface area (Å²) in [5, 5.41) is 0. The van der Waals surface area contributed by atoms with Crippen LogP contribution in [0, 0.1) is 12.3 Å². The van der Waals surface area contributed by atoms with Gasteiger partial charge in [0.15, 0.2) is 0 Å². The fourth-order valence-corrected chi connectivity index (χ4v) is 2.37. The summed E-state index contributed by atoms with van der Waals surface area (Å²) in [6, 6.07) is 7.89. The summed E-state index contributed by atoms with van der Waals surface area (Å²) in [6.45, 7) is 8.90. The van der Waals surface area contributed by atoms with Crippen LogP contribution in [0.2, 0.25) is 0 Å². The minimum absolute atomic E-state index is 0.0686. The van der Waals surface area contributed by atoms with Gasteiger partial charge in [-0.25, -0.2) is 4.79 Å². The number of rotatable bonds is 4. The highest BCUT2D eigenvalue weighted by atomic mass is 16.6. The summed E-state index contributed by atoms with van der Waals surface area (Å²) < 4.78 is 5.57. The van der Waals surface area contributed by atoms with Crippen LogP contribution in [0.1, 0.15) is 39.2 Å². The molecule has 0 unspecified atom stereocenters. The number of ether oxygens (including phenoxy) is 1. The summed E-state index contributed by atoms with van der Waals surface area (Å²) in [5.41, 5.74) is 7.42. The normalized spacial score (nSPS) is 16.4. The van der Waals surface area contributed by atoms with Gasteiger partial charge in [-0.05, 0) is 58.7 Å². The number of anilines is 1. The maximum atomic E-state index is 12.6. The SMILES string of the molecule is Cc1ccccc1N(CC1(CN)CC1)C(=O)OC(C)(C)C. The van der Waals surface area contributed by atoms with Gasteiger partial charge in [0.1, 0.15) is 5.60 Å². The summed E-state index contributed by atoms with van der Waals surface area (Å²) in [4.78, 5) is 14.3. The molecule has 0 atom stereocenters. The summed E-state index contributed by atoms with van der Waals surface area (Å²) in [5.74, 6) is 0. The topological polar surface area (TPSA) is 55.6 Å². The Morgan fingerprint density at radius 3 is 2.43 bits per heavy atom. The first-order chi connectivity index (χ1) is 9.76. The molecule has 0 radical (unpaired) electrons. The lowest BCUT2D eigenvalue weighted by Crippen LogP contribution is -2.42. The van der Waals surface area contributed by atoms with Crippen molar-refractivity contribution < 1.29 is 9.53 Å². The molecule has 21 heavy (non-hydrogen) atoms. The summed E-state index contributed by atoms with van der Waals surface area (Å²) in [7, 11) is 0. The van der Waals surface area contributed by atoms with Crippen LogP contribution >= 0.6 is 0 Å². The lowest BCUT2D eigenvalue weighted by molar-refractivity contribution is 0.0573. The molecule has 1 aliphatic carbocycles. The van der Waals surface area contributed by atoms with Crippen molar-refractivity contribution in [1.29, 1.82) is 0 Å². The number of hydrogen-bond acceptors (Lipinski definition) is 3. The Hall–Kier alpha value is -1.55. The largest absolute Gasteiger partial charge is 0.443 e. The lowest BCUT2D eigenvalue weighted by atomic mass is 10.1. The van der Waals surface area contributed by atoms with E-state index < -0.39 is 5.60 Å². The zero-order valence-electron chi connectivity index (χ0n) is 13.5. The highest BCUT2D eigenvalue weighted by Gasteiger charge is 2.44. The van der Waals surface area contributed by atoms with Gasteiger partial charge in [0.05, 0.1) is 0 Å². The fraction of sp³-hybridized carbons (Fsp3) is 0.588. The van der Waals surface area contributed by atoms with Crippen molar-refractivity contribution in [3.63, 3.8) is 0 Å². The Bertz CT molecular complexity index is 516. The van der Waals surface area contributed by atoms with E-state index in [0.717, 1.165) is 24.1 Å². The Kier molecular flexibility index (Phi) is 4.28. The van der Waals surface area contributed by atoms with E-state index in [2.05, 4.69) is 0 Å². The van der Waals surface area contributed by atoms with Crippen molar-refractivity contribution in [2.45, 2.75) is 46.1 Å². The second-order valence-corrected chi connectivity index (χ2v) is 7.06. The minimum Gasteiger partial charge on any atom is -0.443 e. The van der Waals surface area contributed by atoms with Crippen molar-refractivity contribution in [3.05, 3.63) is 29.8 Å². The van der Waals surface area contributed by atoms with Crippen molar-refractivity contribution in [1.82, 2.24) is 0 Å². The van der Waals surface area contributed by atoms with E-state index in [4.69, 9.17) is 10.5 Å². The van der Waals surface area contributed by atoms with Crippen LogP contribution in [0.4, 0.5) is 10.5 Å². The Morgan fingerprint density at radius 1 is 1.33 bits per heavy atom. The van der Waals surface area contributed by atoms with Crippen LogP contribution in [0.25, 0.3) is 0 Å². The molecule has 1 aromatic rings. The first kappa shape index (κ1) is 15.8. The molecule has 4 heteroatoms. The van der Waals surface area contributed by atoms with E-state index in [9.17, 15) is 4.79 Å². The van der Waals surface area contributed by atoms with Gasteiger partial charge >= 0.3 is 6.09 Å². The van der Waals surface area contributed by atoms with Gasteiger partial charge in [0.2, 0.25) is 0 Å². The standard InChI is InChI=1S/C17H26N2O2/c1-13-7-5-6-8-14(13)19(12-17(11-18)9-10-17)15(20)21-16(2,3)4/h5-8H,9-12,18H2,1-4H3. The Balaban J connectivity index is 2.26. The highest BCUT2D eigenvalue weighted by molar-refractivity contribution is 5.89.